The van der Waals surface area contributed by atoms with Crippen molar-refractivity contribution in [3.63, 3.8) is 0 Å². The Kier molecular flexibility index (Phi) is 5.81. The zero-order valence-electron chi connectivity index (χ0n) is 14.8. The van der Waals surface area contributed by atoms with Crippen molar-refractivity contribution in [1.82, 2.24) is 4.31 Å². The van der Waals surface area contributed by atoms with Gasteiger partial charge in [-0.25, -0.2) is 12.7 Å². The summed E-state index contributed by atoms with van der Waals surface area (Å²) in [4.78, 5) is 12.3. The molecule has 0 atom stereocenters. The van der Waals surface area contributed by atoms with Gasteiger partial charge in [-0.1, -0.05) is 18.2 Å². The first-order valence-electron chi connectivity index (χ1n) is 7.84. The summed E-state index contributed by atoms with van der Waals surface area (Å²) in [5.41, 5.74) is 3.26. The van der Waals surface area contributed by atoms with E-state index in [2.05, 4.69) is 10.6 Å². The van der Waals surface area contributed by atoms with Gasteiger partial charge in [0.1, 0.15) is 0 Å². The number of benzene rings is 2. The summed E-state index contributed by atoms with van der Waals surface area (Å²) in [6.45, 7) is 3.85. The Labute approximate surface area is 148 Å². The van der Waals surface area contributed by atoms with E-state index in [0.717, 1.165) is 21.1 Å². The van der Waals surface area contributed by atoms with Gasteiger partial charge < -0.3 is 10.6 Å². The van der Waals surface area contributed by atoms with Crippen molar-refractivity contribution >= 4 is 27.3 Å². The topological polar surface area (TPSA) is 78.5 Å². The molecule has 7 heteroatoms. The summed E-state index contributed by atoms with van der Waals surface area (Å²) in [6, 6.07) is 12.4. The van der Waals surface area contributed by atoms with Gasteiger partial charge in [-0.05, 0) is 49.2 Å². The van der Waals surface area contributed by atoms with Crippen LogP contribution in [0.3, 0.4) is 0 Å². The quantitative estimate of drug-likeness (QED) is 0.829. The highest BCUT2D eigenvalue weighted by Crippen LogP contribution is 2.21. The molecule has 0 saturated heterocycles. The molecule has 1 amide bonds. The van der Waals surface area contributed by atoms with E-state index in [-0.39, 0.29) is 17.3 Å². The first kappa shape index (κ1) is 19.0. The van der Waals surface area contributed by atoms with Crippen LogP contribution in [0.25, 0.3) is 0 Å². The maximum Gasteiger partial charge on any atom is 0.243 e. The van der Waals surface area contributed by atoms with Gasteiger partial charge in [0.25, 0.3) is 0 Å². The van der Waals surface area contributed by atoms with Crippen molar-refractivity contribution in [3.05, 3.63) is 53.6 Å². The molecule has 0 saturated carbocycles. The van der Waals surface area contributed by atoms with E-state index in [1.165, 1.54) is 14.1 Å². The lowest BCUT2D eigenvalue weighted by Crippen LogP contribution is -2.24. The van der Waals surface area contributed by atoms with Crippen LogP contribution in [-0.4, -0.2) is 39.3 Å². The second-order valence-electron chi connectivity index (χ2n) is 6.04. The minimum Gasteiger partial charge on any atom is -0.376 e. The summed E-state index contributed by atoms with van der Waals surface area (Å²) in [6.07, 6.45) is 0. The van der Waals surface area contributed by atoms with E-state index < -0.39 is 10.0 Å². The average molecular weight is 361 g/mol. The van der Waals surface area contributed by atoms with Gasteiger partial charge in [0, 0.05) is 25.5 Å². The molecule has 0 aliphatic carbocycles. The van der Waals surface area contributed by atoms with Gasteiger partial charge in [-0.2, -0.15) is 0 Å². The summed E-state index contributed by atoms with van der Waals surface area (Å²) in [5.74, 6) is -0.203. The molecular formula is C18H23N3O3S. The molecule has 2 N–H and O–H groups in total. The van der Waals surface area contributed by atoms with Gasteiger partial charge in [0.05, 0.1) is 11.4 Å². The predicted molar refractivity (Wildman–Crippen MR) is 100 cm³/mol. The number of rotatable bonds is 6. The number of aryl methyl sites for hydroxylation is 2. The van der Waals surface area contributed by atoms with Gasteiger partial charge in [-0.3, -0.25) is 4.79 Å². The fourth-order valence-corrected chi connectivity index (χ4v) is 3.19. The van der Waals surface area contributed by atoms with Crippen molar-refractivity contribution in [2.45, 2.75) is 18.7 Å². The van der Waals surface area contributed by atoms with Gasteiger partial charge in [0.2, 0.25) is 15.9 Å². The molecule has 25 heavy (non-hydrogen) atoms. The Balaban J connectivity index is 2.09. The number of amides is 1. The number of anilines is 2. The lowest BCUT2D eigenvalue weighted by molar-refractivity contribution is -0.114. The Morgan fingerprint density at radius 3 is 2.44 bits per heavy atom. The van der Waals surface area contributed by atoms with E-state index >= 15 is 0 Å². The maximum absolute atomic E-state index is 12.2. The van der Waals surface area contributed by atoms with Crippen molar-refractivity contribution in [1.29, 1.82) is 0 Å². The first-order valence-corrected chi connectivity index (χ1v) is 9.28. The molecule has 0 bridgehead atoms. The number of carbonyl (C=O) groups is 1. The maximum atomic E-state index is 12.2. The Morgan fingerprint density at radius 1 is 1.08 bits per heavy atom. The molecule has 2 aromatic rings. The van der Waals surface area contributed by atoms with Crippen molar-refractivity contribution in [3.8, 4) is 0 Å². The molecule has 0 heterocycles. The predicted octanol–water partition coefficient (Wildman–Crippen LogP) is 2.60. The molecule has 2 aromatic carbocycles. The molecule has 0 aliphatic rings. The largest absolute Gasteiger partial charge is 0.376 e. The smallest absolute Gasteiger partial charge is 0.243 e. The van der Waals surface area contributed by atoms with Gasteiger partial charge >= 0.3 is 0 Å². The summed E-state index contributed by atoms with van der Waals surface area (Å²) in [7, 11) is -0.548. The van der Waals surface area contributed by atoms with E-state index in [0.29, 0.717) is 5.69 Å². The highest BCUT2D eigenvalue weighted by molar-refractivity contribution is 7.89. The number of hydrogen-bond donors (Lipinski definition) is 2. The molecule has 134 valence electrons. The fourth-order valence-electron chi connectivity index (χ4n) is 2.27. The Hall–Kier alpha value is -2.38. The van der Waals surface area contributed by atoms with Crippen molar-refractivity contribution in [2.75, 3.05) is 31.3 Å². The minimum absolute atomic E-state index is 0.0419. The van der Waals surface area contributed by atoms with Crippen LogP contribution in [0.15, 0.2) is 47.4 Å². The molecule has 6 nitrogen and oxygen atoms in total. The molecule has 0 spiro atoms. The normalized spacial score (nSPS) is 11.4. The monoisotopic (exact) mass is 361 g/mol. The highest BCUT2D eigenvalue weighted by atomic mass is 32.2. The Morgan fingerprint density at radius 2 is 1.80 bits per heavy atom. The molecule has 2 rings (SSSR count). The highest BCUT2D eigenvalue weighted by Gasteiger charge is 2.18. The molecule has 0 aliphatic heterocycles. The van der Waals surface area contributed by atoms with E-state index in [9.17, 15) is 13.2 Å². The van der Waals surface area contributed by atoms with Crippen molar-refractivity contribution in [2.24, 2.45) is 0 Å². The summed E-state index contributed by atoms with van der Waals surface area (Å²) >= 11 is 0. The third-order valence-corrected chi connectivity index (χ3v) is 5.54. The molecular weight excluding hydrogens is 338 g/mol. The number of nitrogens with one attached hydrogen (secondary N) is 2. The van der Waals surface area contributed by atoms with Crippen molar-refractivity contribution < 1.29 is 13.2 Å². The van der Waals surface area contributed by atoms with Crippen LogP contribution < -0.4 is 10.6 Å². The third kappa shape index (κ3) is 4.80. The second kappa shape index (κ2) is 7.67. The number of nitrogens with zero attached hydrogens (tertiary/aromatic N) is 1. The number of carbonyl (C=O) groups excluding carboxylic acids is 1. The lowest BCUT2D eigenvalue weighted by atomic mass is 10.2. The first-order chi connectivity index (χ1) is 11.7. The number of hydrogen-bond acceptors (Lipinski definition) is 4. The van der Waals surface area contributed by atoms with Crippen LogP contribution >= 0.6 is 0 Å². The molecule has 0 aromatic heterocycles. The second-order valence-corrected chi connectivity index (χ2v) is 8.19. The molecule has 0 radical (unpaired) electrons. The summed E-state index contributed by atoms with van der Waals surface area (Å²) < 4.78 is 25.6. The van der Waals surface area contributed by atoms with Crippen LogP contribution in [0.4, 0.5) is 11.4 Å². The average Bonchev–Trinajstić information content (AvgIpc) is 2.53. The molecule has 0 unspecified atom stereocenters. The molecule has 0 fully saturated rings. The zero-order valence-corrected chi connectivity index (χ0v) is 15.6. The van der Waals surface area contributed by atoms with E-state index in [1.807, 2.05) is 38.1 Å². The van der Waals surface area contributed by atoms with Gasteiger partial charge in [0.15, 0.2) is 0 Å². The fraction of sp³-hybridized carbons (Fsp3) is 0.278. The Bertz CT molecular complexity index is 877. The lowest BCUT2D eigenvalue weighted by Gasteiger charge is -2.15. The SMILES string of the molecule is Cc1cccc(NC(=O)CNc2cc(S(=O)(=O)N(C)C)ccc2C)c1. The minimum atomic E-state index is -3.52. The van der Waals surface area contributed by atoms with Crippen LogP contribution in [0.2, 0.25) is 0 Å². The standard InChI is InChI=1S/C18H23N3O3S/c1-13-6-5-7-15(10-13)20-18(22)12-19-17-11-16(9-8-14(17)2)25(23,24)21(3)4/h5-11,19H,12H2,1-4H3,(H,20,22). The van der Waals surface area contributed by atoms with Crippen LogP contribution in [0.1, 0.15) is 11.1 Å². The van der Waals surface area contributed by atoms with Gasteiger partial charge in [-0.15, -0.1) is 0 Å². The van der Waals surface area contributed by atoms with Crippen LogP contribution in [0, 0.1) is 13.8 Å². The van der Waals surface area contributed by atoms with Crippen LogP contribution in [0.5, 0.6) is 0 Å². The zero-order chi connectivity index (χ0) is 18.6. The van der Waals surface area contributed by atoms with E-state index in [4.69, 9.17) is 0 Å². The number of sulfonamides is 1. The summed E-state index contributed by atoms with van der Waals surface area (Å²) in [5, 5.41) is 5.81. The van der Waals surface area contributed by atoms with Crippen LogP contribution in [-0.2, 0) is 14.8 Å². The van der Waals surface area contributed by atoms with E-state index in [1.54, 1.807) is 18.2 Å². The third-order valence-electron chi connectivity index (χ3n) is 3.73.